The van der Waals surface area contributed by atoms with E-state index in [1.807, 2.05) is 32.8 Å². The van der Waals surface area contributed by atoms with Crippen molar-refractivity contribution in [3.63, 3.8) is 0 Å². The number of unbranched alkanes of at least 4 members (excludes halogenated alkanes) is 2. The van der Waals surface area contributed by atoms with Crippen LogP contribution in [0.4, 0.5) is 14.9 Å². The van der Waals surface area contributed by atoms with E-state index in [1.54, 1.807) is 62.6 Å². The lowest BCUT2D eigenvalue weighted by Crippen LogP contribution is -2.45. The standard InChI is InChI=1S/C60H75FN8O12/c1-10-60(78)37(7)80-30-44-45(60)26-49-54-43(28-69(49)58(44)76)53-47(20-19-41-35(5)46(61)27-48(65-54)52(41)53)64-50(71)31-79-32-67(23-22-66(8)9)59(77)81-29-38-15-17-39(18-16-38)63-55(73)36(6)62-56(74)42(33(2)3)25-40(70)14-12-11-13-21-68-51(72)24-34(4)57(68)75/h15-18,26-27,33-34,36,42,47,78H,7,10-14,19-25,28-32H2,1-6,8-9H3,(H,62,74)(H,63,73)(H,64,71)/t34?,36-,42-,47-,60+/m0/s1. The van der Waals surface area contributed by atoms with Gasteiger partial charge in [-0.2, -0.15) is 0 Å². The van der Waals surface area contributed by atoms with Crippen molar-refractivity contribution in [3.8, 4) is 11.4 Å². The van der Waals surface area contributed by atoms with E-state index in [4.69, 9.17) is 19.2 Å². The summed E-state index contributed by atoms with van der Waals surface area (Å²) < 4.78 is 34.3. The molecule has 4 aliphatic rings. The minimum Gasteiger partial charge on any atom is -0.490 e. The molecule has 1 fully saturated rings. The number of nitrogens with one attached hydrogen (secondary N) is 3. The van der Waals surface area contributed by atoms with Crippen molar-refractivity contribution >= 4 is 58.0 Å². The van der Waals surface area contributed by atoms with Crippen LogP contribution in [0.1, 0.15) is 131 Å². The van der Waals surface area contributed by atoms with Gasteiger partial charge in [-0.05, 0) is 106 Å². The molecule has 4 N–H and O–H groups in total. The molecule has 2 aromatic carbocycles. The predicted octanol–water partition coefficient (Wildman–Crippen LogP) is 6.42. The second-order valence-electron chi connectivity index (χ2n) is 22.5. The number of pyridine rings is 2. The van der Waals surface area contributed by atoms with Gasteiger partial charge in [0.2, 0.25) is 29.5 Å². The van der Waals surface area contributed by atoms with Gasteiger partial charge in [0.1, 0.15) is 55.6 Å². The molecule has 434 valence electrons. The Morgan fingerprint density at radius 3 is 2.42 bits per heavy atom. The summed E-state index contributed by atoms with van der Waals surface area (Å²) >= 11 is 0. The third-order valence-corrected chi connectivity index (χ3v) is 16.2. The predicted molar refractivity (Wildman–Crippen MR) is 298 cm³/mol. The topological polar surface area (TPSA) is 248 Å². The first-order chi connectivity index (χ1) is 38.5. The molecule has 0 saturated carbocycles. The lowest BCUT2D eigenvalue weighted by molar-refractivity contribution is -0.139. The maximum atomic E-state index is 15.5. The lowest BCUT2D eigenvalue weighted by atomic mass is 9.81. The number of fused-ring (bicyclic) bond motifs is 5. The van der Waals surface area contributed by atoms with E-state index in [-0.39, 0.29) is 99.5 Å². The zero-order valence-corrected chi connectivity index (χ0v) is 47.6. The SMILES string of the molecule is C=C1OCc2c(cc3n(c2=O)Cc2c-3nc3cc(F)c(C)c4c3c2[C@@H](NC(=O)COCN(CCN(C)C)C(=O)OCc2ccc(NC(=O)[C@H](C)NC(=O)[C@@H](CC(=O)CCCCCN3C(=O)CC(C)C3=O)C(C)C)cc2)CC4)[C@@]1(O)CC. The molecule has 0 spiro atoms. The molecule has 1 unspecified atom stereocenters. The van der Waals surface area contributed by atoms with E-state index in [1.165, 1.54) is 15.9 Å². The second-order valence-corrected chi connectivity index (χ2v) is 22.5. The number of Topliss-reactive ketones (excluding diaryl/α,β-unsaturated/α-hetero) is 1. The summed E-state index contributed by atoms with van der Waals surface area (Å²) in [6.45, 7) is 14.7. The Morgan fingerprint density at radius 1 is 1.00 bits per heavy atom. The van der Waals surface area contributed by atoms with E-state index in [0.717, 1.165) is 16.5 Å². The van der Waals surface area contributed by atoms with Gasteiger partial charge in [-0.3, -0.25) is 43.4 Å². The van der Waals surface area contributed by atoms with E-state index in [0.29, 0.717) is 95.6 Å². The molecule has 5 heterocycles. The fourth-order valence-corrected chi connectivity index (χ4v) is 11.2. The number of amides is 6. The number of aliphatic hydroxyl groups is 1. The van der Waals surface area contributed by atoms with Crippen molar-refractivity contribution in [1.82, 2.24) is 34.9 Å². The number of halogens is 1. The normalized spacial score (nSPS) is 18.8. The van der Waals surface area contributed by atoms with Crippen LogP contribution in [0.15, 0.2) is 53.5 Å². The van der Waals surface area contributed by atoms with E-state index in [9.17, 15) is 43.5 Å². The van der Waals surface area contributed by atoms with Crippen molar-refractivity contribution in [2.45, 2.75) is 137 Å². The van der Waals surface area contributed by atoms with Crippen LogP contribution in [0.2, 0.25) is 0 Å². The van der Waals surface area contributed by atoms with Gasteiger partial charge in [0.15, 0.2) is 0 Å². The third-order valence-electron chi connectivity index (χ3n) is 16.2. The minimum absolute atomic E-state index is 0.0229. The van der Waals surface area contributed by atoms with Crippen LogP contribution in [0.25, 0.3) is 22.3 Å². The largest absolute Gasteiger partial charge is 0.490 e. The summed E-state index contributed by atoms with van der Waals surface area (Å²) in [4.78, 5) is 115. The molecule has 1 aliphatic carbocycles. The Hall–Kier alpha value is -7.36. The van der Waals surface area contributed by atoms with Crippen molar-refractivity contribution in [3.05, 3.63) is 104 Å². The van der Waals surface area contributed by atoms with Crippen LogP contribution < -0.4 is 21.5 Å². The van der Waals surface area contributed by atoms with Crippen LogP contribution in [-0.4, -0.2) is 124 Å². The number of likely N-dealkylation sites (tertiary alicyclic amines) is 1. The first-order valence-corrected chi connectivity index (χ1v) is 28.0. The van der Waals surface area contributed by atoms with E-state index < -0.39 is 59.8 Å². The van der Waals surface area contributed by atoms with Gasteiger partial charge in [0.05, 0.1) is 35.1 Å². The highest BCUT2D eigenvalue weighted by Crippen LogP contribution is 2.47. The number of aromatic nitrogens is 2. The van der Waals surface area contributed by atoms with Crippen molar-refractivity contribution in [1.29, 1.82) is 0 Å². The number of ether oxygens (including phenoxy) is 3. The molecule has 4 aromatic rings. The highest BCUT2D eigenvalue weighted by molar-refractivity contribution is 6.03. The van der Waals surface area contributed by atoms with Crippen molar-refractivity contribution < 1.29 is 57.3 Å². The average Bonchev–Trinajstić information content (AvgIpc) is 4.09. The van der Waals surface area contributed by atoms with Crippen LogP contribution in [0, 0.1) is 30.5 Å². The molecule has 1 saturated heterocycles. The highest BCUT2D eigenvalue weighted by Gasteiger charge is 2.43. The van der Waals surface area contributed by atoms with Gasteiger partial charge in [-0.25, -0.2) is 14.2 Å². The minimum atomic E-state index is -1.60. The number of hydrogen-bond acceptors (Lipinski definition) is 14. The second kappa shape index (κ2) is 25.2. The lowest BCUT2D eigenvalue weighted by Gasteiger charge is -2.35. The van der Waals surface area contributed by atoms with Crippen LogP contribution in [-0.2, 0) is 74.8 Å². The molecular formula is C60H75FN8O12. The van der Waals surface area contributed by atoms with E-state index >= 15 is 4.39 Å². The first-order valence-electron chi connectivity index (χ1n) is 28.0. The number of carbonyl (C=O) groups is 7. The van der Waals surface area contributed by atoms with Gasteiger partial charge < -0.3 is 44.7 Å². The number of anilines is 1. The van der Waals surface area contributed by atoms with Crippen LogP contribution in [0.5, 0.6) is 0 Å². The number of hydrogen-bond donors (Lipinski definition) is 4. The number of nitrogens with zero attached hydrogens (tertiary/aromatic N) is 5. The monoisotopic (exact) mass is 1120 g/mol. The van der Waals surface area contributed by atoms with Gasteiger partial charge in [-0.1, -0.05) is 52.8 Å². The molecule has 6 amide bonds. The number of likely N-dealkylation sites (N-methyl/N-ethyl adjacent to an activating group) is 1. The number of benzene rings is 2. The Labute approximate surface area is 470 Å². The summed E-state index contributed by atoms with van der Waals surface area (Å²) in [5.74, 6) is -3.11. The van der Waals surface area contributed by atoms with Crippen LogP contribution >= 0.6 is 0 Å². The number of imide groups is 1. The summed E-state index contributed by atoms with van der Waals surface area (Å²) in [6, 6.07) is 8.27. The van der Waals surface area contributed by atoms with Gasteiger partial charge in [0, 0.05) is 79.0 Å². The zero-order valence-electron chi connectivity index (χ0n) is 47.6. The smallest absolute Gasteiger partial charge is 0.411 e. The van der Waals surface area contributed by atoms with Crippen molar-refractivity contribution in [2.75, 3.05) is 52.4 Å². The molecule has 0 bridgehead atoms. The molecular weight excluding hydrogens is 1040 g/mol. The molecule has 0 radical (unpaired) electrons. The Bertz CT molecular complexity index is 3210. The quantitative estimate of drug-likeness (QED) is 0.0296. The van der Waals surface area contributed by atoms with Crippen LogP contribution in [0.3, 0.4) is 0 Å². The van der Waals surface area contributed by atoms with Gasteiger partial charge in [0.25, 0.3) is 5.56 Å². The fraction of sp³-hybridized carbons (Fsp3) is 0.517. The number of ketones is 1. The molecule has 20 nitrogen and oxygen atoms in total. The summed E-state index contributed by atoms with van der Waals surface area (Å²) in [7, 11) is 3.70. The average molecular weight is 1120 g/mol. The molecule has 81 heavy (non-hydrogen) atoms. The molecule has 8 rings (SSSR count). The maximum Gasteiger partial charge on any atom is 0.411 e. The fourth-order valence-electron chi connectivity index (χ4n) is 11.2. The summed E-state index contributed by atoms with van der Waals surface area (Å²) in [5.41, 5.74) is 3.83. The molecule has 3 aliphatic heterocycles. The molecule has 2 aromatic heterocycles. The summed E-state index contributed by atoms with van der Waals surface area (Å²) in [5, 5.41) is 21.0. The highest BCUT2D eigenvalue weighted by atomic mass is 19.1. The maximum absolute atomic E-state index is 15.5. The number of aryl methyl sites for hydroxylation is 1. The molecule has 5 atom stereocenters. The Kier molecular flexibility index (Phi) is 18.6. The zero-order chi connectivity index (χ0) is 58.6. The number of carbonyl (C=O) groups excluding carboxylic acids is 7. The van der Waals surface area contributed by atoms with Crippen molar-refractivity contribution in [2.24, 2.45) is 17.8 Å². The Balaban J connectivity index is 0.828. The number of rotatable bonds is 24. The third kappa shape index (κ3) is 12.9. The molecule has 21 heteroatoms. The Morgan fingerprint density at radius 2 is 1.74 bits per heavy atom. The van der Waals surface area contributed by atoms with Gasteiger partial charge in [-0.15, -0.1) is 0 Å². The summed E-state index contributed by atoms with van der Waals surface area (Å²) in [6.07, 6.45) is 2.76. The first kappa shape index (κ1) is 59.8. The van der Waals surface area contributed by atoms with E-state index in [2.05, 4.69) is 22.5 Å². The van der Waals surface area contributed by atoms with Gasteiger partial charge >= 0.3 is 6.09 Å².